The van der Waals surface area contributed by atoms with Crippen LogP contribution in [0.5, 0.6) is 0 Å². The van der Waals surface area contributed by atoms with Crippen molar-refractivity contribution in [1.82, 2.24) is 15.5 Å². The number of hydrogen-bond donors (Lipinski definition) is 4. The van der Waals surface area contributed by atoms with E-state index in [1.165, 1.54) is 14.1 Å². The van der Waals surface area contributed by atoms with E-state index < -0.39 is 29.9 Å². The molecule has 0 radical (unpaired) electrons. The highest BCUT2D eigenvalue weighted by Crippen LogP contribution is 1.99. The zero-order chi connectivity index (χ0) is 15.0. The summed E-state index contributed by atoms with van der Waals surface area (Å²) in [6.07, 6.45) is -0.610. The predicted octanol–water partition coefficient (Wildman–Crippen LogP) is -1.31. The molecule has 9 nitrogen and oxygen atoms in total. The van der Waals surface area contributed by atoms with Crippen molar-refractivity contribution in [2.75, 3.05) is 20.6 Å². The molecular weight excluding hydrogens is 258 g/mol. The minimum Gasteiger partial charge on any atom is -0.481 e. The van der Waals surface area contributed by atoms with Crippen LogP contribution in [-0.2, 0) is 14.4 Å². The SMILES string of the molecule is CNC(=O)CN(C)C(=O)NC(CCC(=O)O)C(=O)O. The molecule has 0 aliphatic carbocycles. The fraction of sp³-hybridized carbons (Fsp3) is 0.600. The van der Waals surface area contributed by atoms with Gasteiger partial charge in [-0.05, 0) is 6.42 Å². The monoisotopic (exact) mass is 275 g/mol. The Morgan fingerprint density at radius 3 is 2.21 bits per heavy atom. The quantitative estimate of drug-likeness (QED) is 0.455. The summed E-state index contributed by atoms with van der Waals surface area (Å²) in [5.74, 6) is -2.89. The maximum Gasteiger partial charge on any atom is 0.326 e. The highest BCUT2D eigenvalue weighted by molar-refractivity contribution is 5.86. The Morgan fingerprint density at radius 1 is 1.21 bits per heavy atom. The molecule has 0 heterocycles. The molecule has 0 saturated carbocycles. The Balaban J connectivity index is 4.41. The van der Waals surface area contributed by atoms with Gasteiger partial charge in [-0.1, -0.05) is 0 Å². The molecule has 108 valence electrons. The molecule has 0 aliphatic heterocycles. The van der Waals surface area contributed by atoms with Gasteiger partial charge in [0.15, 0.2) is 0 Å². The van der Waals surface area contributed by atoms with Crippen LogP contribution >= 0.6 is 0 Å². The molecule has 0 rings (SSSR count). The van der Waals surface area contributed by atoms with E-state index in [1.807, 2.05) is 0 Å². The summed E-state index contributed by atoms with van der Waals surface area (Å²) in [6.45, 7) is -0.229. The molecule has 0 aromatic rings. The van der Waals surface area contributed by atoms with Crippen molar-refractivity contribution in [2.45, 2.75) is 18.9 Å². The van der Waals surface area contributed by atoms with Gasteiger partial charge in [-0.25, -0.2) is 9.59 Å². The number of nitrogens with one attached hydrogen (secondary N) is 2. The van der Waals surface area contributed by atoms with E-state index in [4.69, 9.17) is 10.2 Å². The van der Waals surface area contributed by atoms with Crippen LogP contribution in [0.2, 0.25) is 0 Å². The number of rotatable bonds is 7. The number of carboxylic acid groups (broad SMARTS) is 2. The maximum atomic E-state index is 11.6. The summed E-state index contributed by atoms with van der Waals surface area (Å²) >= 11 is 0. The molecule has 0 fully saturated rings. The van der Waals surface area contributed by atoms with Crippen molar-refractivity contribution >= 4 is 23.9 Å². The number of nitrogens with zero attached hydrogens (tertiary/aromatic N) is 1. The van der Waals surface area contributed by atoms with Crippen molar-refractivity contribution in [2.24, 2.45) is 0 Å². The van der Waals surface area contributed by atoms with Crippen LogP contribution in [0.25, 0.3) is 0 Å². The molecule has 0 aromatic heterocycles. The first kappa shape index (κ1) is 16.7. The Bertz CT molecular complexity index is 370. The third-order valence-electron chi connectivity index (χ3n) is 2.25. The molecular formula is C10H17N3O6. The number of amides is 3. The number of hydrogen-bond acceptors (Lipinski definition) is 4. The van der Waals surface area contributed by atoms with E-state index in [1.54, 1.807) is 0 Å². The molecule has 0 spiro atoms. The molecule has 1 unspecified atom stereocenters. The van der Waals surface area contributed by atoms with Crippen LogP contribution in [0.1, 0.15) is 12.8 Å². The second-order valence-electron chi connectivity index (χ2n) is 3.80. The second-order valence-corrected chi connectivity index (χ2v) is 3.80. The van der Waals surface area contributed by atoms with Gasteiger partial charge in [0.2, 0.25) is 5.91 Å². The normalized spacial score (nSPS) is 11.3. The van der Waals surface area contributed by atoms with Gasteiger partial charge in [-0.2, -0.15) is 0 Å². The number of likely N-dealkylation sites (N-methyl/N-ethyl adjacent to an activating group) is 2. The average Bonchev–Trinajstić information content (AvgIpc) is 2.32. The molecule has 0 bridgehead atoms. The topological polar surface area (TPSA) is 136 Å². The molecule has 1 atom stereocenters. The van der Waals surface area contributed by atoms with E-state index in [0.29, 0.717) is 0 Å². The smallest absolute Gasteiger partial charge is 0.326 e. The average molecular weight is 275 g/mol. The highest BCUT2D eigenvalue weighted by Gasteiger charge is 2.23. The Morgan fingerprint density at radius 2 is 1.79 bits per heavy atom. The molecule has 19 heavy (non-hydrogen) atoms. The van der Waals surface area contributed by atoms with Crippen molar-refractivity contribution in [1.29, 1.82) is 0 Å². The van der Waals surface area contributed by atoms with Crippen molar-refractivity contribution in [3.63, 3.8) is 0 Å². The number of aliphatic carboxylic acids is 2. The van der Waals surface area contributed by atoms with Gasteiger partial charge in [0, 0.05) is 20.5 Å². The lowest BCUT2D eigenvalue weighted by Gasteiger charge is -2.20. The molecule has 4 N–H and O–H groups in total. The summed E-state index contributed by atoms with van der Waals surface area (Å²) in [4.78, 5) is 44.8. The van der Waals surface area contributed by atoms with Gasteiger partial charge in [0.05, 0.1) is 0 Å². The Hall–Kier alpha value is -2.32. The van der Waals surface area contributed by atoms with Gasteiger partial charge < -0.3 is 25.7 Å². The van der Waals surface area contributed by atoms with E-state index in [-0.39, 0.29) is 19.4 Å². The fourth-order valence-corrected chi connectivity index (χ4v) is 1.15. The lowest BCUT2D eigenvalue weighted by molar-refractivity contribution is -0.140. The Labute approximate surface area is 109 Å². The largest absolute Gasteiger partial charge is 0.481 e. The third kappa shape index (κ3) is 6.86. The summed E-state index contributed by atoms with van der Waals surface area (Å²) in [7, 11) is 2.72. The number of urea groups is 1. The van der Waals surface area contributed by atoms with Crippen LogP contribution in [0.15, 0.2) is 0 Å². The molecule has 0 saturated heterocycles. The lowest BCUT2D eigenvalue weighted by atomic mass is 10.1. The maximum absolute atomic E-state index is 11.6. The highest BCUT2D eigenvalue weighted by atomic mass is 16.4. The van der Waals surface area contributed by atoms with Gasteiger partial charge >= 0.3 is 18.0 Å². The summed E-state index contributed by atoms with van der Waals surface area (Å²) in [6, 6.07) is -2.07. The van der Waals surface area contributed by atoms with Crippen LogP contribution in [-0.4, -0.2) is 65.7 Å². The first-order chi connectivity index (χ1) is 8.77. The van der Waals surface area contributed by atoms with Crippen LogP contribution < -0.4 is 10.6 Å². The van der Waals surface area contributed by atoms with Crippen molar-refractivity contribution in [3.05, 3.63) is 0 Å². The molecule has 0 aromatic carbocycles. The van der Waals surface area contributed by atoms with Gasteiger partial charge in [0.25, 0.3) is 0 Å². The van der Waals surface area contributed by atoms with Crippen molar-refractivity contribution in [3.8, 4) is 0 Å². The van der Waals surface area contributed by atoms with Gasteiger partial charge in [-0.15, -0.1) is 0 Å². The Kier molecular flexibility index (Phi) is 6.94. The number of carbonyl (C=O) groups is 4. The van der Waals surface area contributed by atoms with E-state index in [9.17, 15) is 19.2 Å². The standard InChI is InChI=1S/C10H17N3O6/c1-11-7(14)5-13(2)10(19)12-6(9(17)18)3-4-8(15)16/h6H,3-5H2,1-2H3,(H,11,14)(H,12,19)(H,15,16)(H,17,18). The zero-order valence-corrected chi connectivity index (χ0v) is 10.7. The molecule has 9 heteroatoms. The number of carboxylic acids is 2. The zero-order valence-electron chi connectivity index (χ0n) is 10.7. The first-order valence-electron chi connectivity index (χ1n) is 5.44. The summed E-state index contributed by atoms with van der Waals surface area (Å²) in [5, 5.41) is 21.8. The van der Waals surface area contributed by atoms with Crippen LogP contribution in [0, 0.1) is 0 Å². The van der Waals surface area contributed by atoms with Crippen LogP contribution in [0.4, 0.5) is 4.79 Å². The van der Waals surface area contributed by atoms with Crippen molar-refractivity contribution < 1.29 is 29.4 Å². The van der Waals surface area contributed by atoms with Gasteiger partial charge in [-0.3, -0.25) is 9.59 Å². The second kappa shape index (κ2) is 7.90. The third-order valence-corrected chi connectivity index (χ3v) is 2.25. The summed E-state index contributed by atoms with van der Waals surface area (Å²) < 4.78 is 0. The van der Waals surface area contributed by atoms with E-state index >= 15 is 0 Å². The minimum atomic E-state index is -1.33. The first-order valence-corrected chi connectivity index (χ1v) is 5.44. The van der Waals surface area contributed by atoms with E-state index in [0.717, 1.165) is 4.90 Å². The minimum absolute atomic E-state index is 0.229. The lowest BCUT2D eigenvalue weighted by Crippen LogP contribution is -2.49. The molecule has 3 amide bonds. The molecule has 0 aliphatic rings. The van der Waals surface area contributed by atoms with Crippen LogP contribution in [0.3, 0.4) is 0 Å². The van der Waals surface area contributed by atoms with E-state index in [2.05, 4.69) is 10.6 Å². The van der Waals surface area contributed by atoms with Gasteiger partial charge in [0.1, 0.15) is 12.6 Å². The fourth-order valence-electron chi connectivity index (χ4n) is 1.15. The predicted molar refractivity (Wildman–Crippen MR) is 63.5 cm³/mol. The number of carbonyl (C=O) groups excluding carboxylic acids is 2. The summed E-state index contributed by atoms with van der Waals surface area (Å²) in [5.41, 5.74) is 0.